The Hall–Kier alpha value is -0.484. The van der Waals surface area contributed by atoms with Crippen LogP contribution < -0.4 is 0 Å². The van der Waals surface area contributed by atoms with Gasteiger partial charge in [-0.05, 0) is 0 Å². The van der Waals surface area contributed by atoms with Crippen LogP contribution in [0.15, 0.2) is 18.2 Å². The van der Waals surface area contributed by atoms with Crippen molar-refractivity contribution in [1.29, 1.82) is 0 Å². The average molecular weight is 362 g/mol. The van der Waals surface area contributed by atoms with Crippen LogP contribution in [0.5, 0.6) is 0 Å². The molecule has 0 N–H and O–H groups in total. The molecular weight excluding hydrogens is 335 g/mol. The molecule has 0 saturated carbocycles. The van der Waals surface area contributed by atoms with Crippen LogP contribution in [0.4, 0.5) is 0 Å². The molecule has 0 bridgehead atoms. The summed E-state index contributed by atoms with van der Waals surface area (Å²) in [6.45, 7) is 16.3. The van der Waals surface area contributed by atoms with Crippen molar-refractivity contribution in [3.05, 3.63) is 34.9 Å². The molecule has 0 spiro atoms. The molecule has 2 rings (SSSR count). The normalized spacial score (nSPS) is 23.0. The van der Waals surface area contributed by atoms with Crippen LogP contribution in [0.3, 0.4) is 0 Å². The van der Waals surface area contributed by atoms with Gasteiger partial charge in [0.1, 0.15) is 0 Å². The summed E-state index contributed by atoms with van der Waals surface area (Å²) in [6.07, 6.45) is 1.19. The summed E-state index contributed by atoms with van der Waals surface area (Å²) in [5.74, 6) is 3.41. The molecule has 1 unspecified atom stereocenters. The molecule has 1 aromatic rings. The predicted octanol–water partition coefficient (Wildman–Crippen LogP) is 4.83. The zero-order valence-corrected chi connectivity index (χ0v) is 17.1. The van der Waals surface area contributed by atoms with Gasteiger partial charge in [0.25, 0.3) is 0 Å². The van der Waals surface area contributed by atoms with E-state index < -0.39 is 8.07 Å². The van der Waals surface area contributed by atoms with Crippen LogP contribution in [-0.2, 0) is 10.8 Å². The molecule has 0 amide bonds. The van der Waals surface area contributed by atoms with Crippen molar-refractivity contribution in [2.45, 2.75) is 69.4 Å². The zero-order chi connectivity index (χ0) is 16.1. The first-order valence-electron chi connectivity index (χ1n) is 7.77. The van der Waals surface area contributed by atoms with Crippen molar-refractivity contribution >= 4 is 24.1 Å². The fourth-order valence-electron chi connectivity index (χ4n) is 3.01. The van der Waals surface area contributed by atoms with Gasteiger partial charge in [-0.2, -0.15) is 0 Å². The Kier molecular flexibility index (Phi) is 4.26. The summed E-state index contributed by atoms with van der Waals surface area (Å²) in [7, 11) is -1.32. The first-order chi connectivity index (χ1) is 9.43. The maximum atomic E-state index is 3.48. The molecule has 0 fully saturated rings. The standard InChI is InChI=1S/C19H27SeSi/c1-18(2)13-17(20)19(3,4)15-9-8-14(12-16(15)18)10-11-21(5,6)7/h8-9,12,17H,13H2,1-7H3. The molecule has 1 aromatic carbocycles. The van der Waals surface area contributed by atoms with E-state index in [1.54, 1.807) is 0 Å². The summed E-state index contributed by atoms with van der Waals surface area (Å²) >= 11 is 3.40. The SMILES string of the molecule is CC1(C)CC([Se])C(C)(C)c2ccc(C#C[Si](C)(C)C)cc21. The average Bonchev–Trinajstić information content (AvgIpc) is 2.33. The van der Waals surface area contributed by atoms with E-state index in [0.29, 0.717) is 4.82 Å². The van der Waals surface area contributed by atoms with Crippen molar-refractivity contribution in [2.24, 2.45) is 0 Å². The quantitative estimate of drug-likeness (QED) is 0.458. The summed E-state index contributed by atoms with van der Waals surface area (Å²) in [4.78, 5) is 0.582. The molecule has 2 heteroatoms. The van der Waals surface area contributed by atoms with Crippen molar-refractivity contribution in [3.63, 3.8) is 0 Å². The minimum atomic E-state index is -1.32. The molecule has 0 heterocycles. The van der Waals surface area contributed by atoms with E-state index in [0.717, 1.165) is 0 Å². The first kappa shape index (κ1) is 16.9. The third-order valence-electron chi connectivity index (χ3n) is 4.53. The van der Waals surface area contributed by atoms with E-state index in [1.807, 2.05) is 0 Å². The van der Waals surface area contributed by atoms with E-state index in [4.69, 9.17) is 0 Å². The second-order valence-corrected chi connectivity index (χ2v) is 14.5. The number of benzene rings is 1. The third kappa shape index (κ3) is 3.47. The molecule has 1 aliphatic rings. The van der Waals surface area contributed by atoms with Crippen LogP contribution in [0.25, 0.3) is 0 Å². The minimum absolute atomic E-state index is 0.204. The molecular formula is C19H27SeSi. The van der Waals surface area contributed by atoms with Gasteiger partial charge in [0.15, 0.2) is 0 Å². The Balaban J connectivity index is 2.55. The van der Waals surface area contributed by atoms with Crippen molar-refractivity contribution in [2.75, 3.05) is 0 Å². The molecule has 1 atom stereocenters. The second kappa shape index (κ2) is 5.30. The molecule has 113 valence electrons. The van der Waals surface area contributed by atoms with E-state index in [2.05, 4.69) is 93.0 Å². The Morgan fingerprint density at radius 3 is 2.29 bits per heavy atom. The number of rotatable bonds is 0. The Morgan fingerprint density at radius 2 is 1.71 bits per heavy atom. The maximum absolute atomic E-state index is 3.48. The Bertz CT molecular complexity index is 609. The molecule has 21 heavy (non-hydrogen) atoms. The van der Waals surface area contributed by atoms with E-state index in [9.17, 15) is 0 Å². The van der Waals surface area contributed by atoms with Gasteiger partial charge in [-0.25, -0.2) is 0 Å². The van der Waals surface area contributed by atoms with Crippen molar-refractivity contribution in [3.8, 4) is 11.5 Å². The number of hydrogen-bond acceptors (Lipinski definition) is 0. The van der Waals surface area contributed by atoms with Crippen LogP contribution in [0.1, 0.15) is 50.8 Å². The molecule has 1 aliphatic carbocycles. The van der Waals surface area contributed by atoms with E-state index in [1.165, 1.54) is 23.1 Å². The topological polar surface area (TPSA) is 0 Å². The number of fused-ring (bicyclic) bond motifs is 1. The van der Waals surface area contributed by atoms with Crippen LogP contribution in [0.2, 0.25) is 24.5 Å². The van der Waals surface area contributed by atoms with E-state index >= 15 is 0 Å². The second-order valence-electron chi connectivity index (χ2n) is 8.56. The Morgan fingerprint density at radius 1 is 1.10 bits per heavy atom. The predicted molar refractivity (Wildman–Crippen MR) is 96.8 cm³/mol. The zero-order valence-electron chi connectivity index (χ0n) is 14.4. The van der Waals surface area contributed by atoms with Gasteiger partial charge in [0, 0.05) is 0 Å². The van der Waals surface area contributed by atoms with Gasteiger partial charge >= 0.3 is 140 Å². The van der Waals surface area contributed by atoms with Gasteiger partial charge in [-0.15, -0.1) is 0 Å². The fourth-order valence-corrected chi connectivity index (χ4v) is 4.67. The van der Waals surface area contributed by atoms with Crippen LogP contribution in [0, 0.1) is 11.5 Å². The number of hydrogen-bond donors (Lipinski definition) is 0. The van der Waals surface area contributed by atoms with Crippen molar-refractivity contribution < 1.29 is 0 Å². The first-order valence-corrected chi connectivity index (χ1v) is 12.3. The molecule has 1 radical (unpaired) electrons. The fraction of sp³-hybridized carbons (Fsp3) is 0.579. The molecule has 0 aliphatic heterocycles. The van der Waals surface area contributed by atoms with Crippen LogP contribution >= 0.6 is 0 Å². The van der Waals surface area contributed by atoms with Gasteiger partial charge in [0.2, 0.25) is 0 Å². The van der Waals surface area contributed by atoms with Gasteiger partial charge in [-0.3, -0.25) is 0 Å². The van der Waals surface area contributed by atoms with Gasteiger partial charge < -0.3 is 0 Å². The van der Waals surface area contributed by atoms with Gasteiger partial charge in [-0.1, -0.05) is 0 Å². The Labute approximate surface area is 139 Å². The van der Waals surface area contributed by atoms with Crippen LogP contribution in [-0.4, -0.2) is 24.1 Å². The molecule has 0 nitrogen and oxygen atoms in total. The monoisotopic (exact) mass is 363 g/mol. The van der Waals surface area contributed by atoms with Gasteiger partial charge in [0.05, 0.1) is 0 Å². The molecule has 0 saturated heterocycles. The van der Waals surface area contributed by atoms with Crippen molar-refractivity contribution in [1.82, 2.24) is 0 Å². The van der Waals surface area contributed by atoms with E-state index in [-0.39, 0.29) is 10.8 Å². The summed E-state index contributed by atoms with van der Waals surface area (Å²) < 4.78 is 0. The summed E-state index contributed by atoms with van der Waals surface area (Å²) in [5.41, 5.74) is 8.06. The summed E-state index contributed by atoms with van der Waals surface area (Å²) in [5, 5.41) is 0. The molecule has 0 aromatic heterocycles. The third-order valence-corrected chi connectivity index (χ3v) is 6.99. The summed E-state index contributed by atoms with van der Waals surface area (Å²) in [6, 6.07) is 6.87.